The number of hydrogen-bond acceptors (Lipinski definition) is 3. The van der Waals surface area contributed by atoms with Crippen LogP contribution >= 0.6 is 11.3 Å². The number of amides is 2. The summed E-state index contributed by atoms with van der Waals surface area (Å²) < 4.78 is 13.1. The van der Waals surface area contributed by atoms with Gasteiger partial charge in [-0.25, -0.2) is 4.39 Å². The lowest BCUT2D eigenvalue weighted by Gasteiger charge is -2.35. The fourth-order valence-corrected chi connectivity index (χ4v) is 4.19. The molecular formula is C21H27FN3O2S+. The van der Waals surface area contributed by atoms with Crippen molar-refractivity contribution < 1.29 is 18.9 Å². The van der Waals surface area contributed by atoms with Crippen molar-refractivity contribution in [3.8, 4) is 0 Å². The first-order valence-corrected chi connectivity index (χ1v) is 10.5. The van der Waals surface area contributed by atoms with Gasteiger partial charge >= 0.3 is 0 Å². The maximum atomic E-state index is 13.1. The number of piperazine rings is 1. The average Bonchev–Trinajstić information content (AvgIpc) is 3.19. The highest BCUT2D eigenvalue weighted by Gasteiger charge is 2.32. The Morgan fingerprint density at radius 2 is 1.86 bits per heavy atom. The molecule has 28 heavy (non-hydrogen) atoms. The van der Waals surface area contributed by atoms with E-state index in [-0.39, 0.29) is 17.7 Å². The maximum Gasteiger partial charge on any atom is 0.251 e. The summed E-state index contributed by atoms with van der Waals surface area (Å²) in [6.07, 6.45) is 0. The Bertz CT molecular complexity index is 784. The number of quaternary nitrogens is 1. The molecule has 5 nitrogen and oxygen atoms in total. The Morgan fingerprint density at radius 3 is 2.43 bits per heavy atom. The fraction of sp³-hybridized carbons (Fsp3) is 0.429. The van der Waals surface area contributed by atoms with Crippen molar-refractivity contribution in [1.82, 2.24) is 10.2 Å². The van der Waals surface area contributed by atoms with Gasteiger partial charge in [-0.3, -0.25) is 9.59 Å². The summed E-state index contributed by atoms with van der Waals surface area (Å²) in [7, 11) is 0. The Labute approximate surface area is 169 Å². The molecule has 1 aromatic heterocycles. The van der Waals surface area contributed by atoms with Crippen LogP contribution in [0.2, 0.25) is 0 Å². The van der Waals surface area contributed by atoms with Gasteiger partial charge in [0.05, 0.1) is 31.1 Å². The van der Waals surface area contributed by atoms with Gasteiger partial charge in [0.1, 0.15) is 18.4 Å². The molecule has 1 saturated heterocycles. The molecule has 1 aromatic carbocycles. The second kappa shape index (κ2) is 9.30. The largest absolute Gasteiger partial charge is 0.340 e. The first-order chi connectivity index (χ1) is 13.4. The normalized spacial score (nSPS) is 16.2. The minimum absolute atomic E-state index is 0.0339. The SMILES string of the molecule is CC(C)[C@H](NC(=O)c1ccc(F)cc1)C(=O)N1CC[NH+](Cc2cccs2)CC1. The molecule has 0 aliphatic carbocycles. The predicted molar refractivity (Wildman–Crippen MR) is 108 cm³/mol. The minimum Gasteiger partial charge on any atom is -0.340 e. The number of nitrogens with one attached hydrogen (secondary N) is 2. The maximum absolute atomic E-state index is 13.1. The molecule has 0 radical (unpaired) electrons. The van der Waals surface area contributed by atoms with E-state index in [0.29, 0.717) is 18.7 Å². The highest BCUT2D eigenvalue weighted by atomic mass is 32.1. The number of rotatable bonds is 6. The predicted octanol–water partition coefficient (Wildman–Crippen LogP) is 1.57. The van der Waals surface area contributed by atoms with E-state index >= 15 is 0 Å². The number of carbonyl (C=O) groups is 2. The van der Waals surface area contributed by atoms with Crippen molar-refractivity contribution in [1.29, 1.82) is 0 Å². The molecule has 0 bridgehead atoms. The summed E-state index contributed by atoms with van der Waals surface area (Å²) in [5.41, 5.74) is 0.352. The van der Waals surface area contributed by atoms with Gasteiger partial charge in [0.15, 0.2) is 0 Å². The third-order valence-corrected chi connectivity index (χ3v) is 5.99. The first kappa shape index (κ1) is 20.5. The zero-order valence-electron chi connectivity index (χ0n) is 16.3. The van der Waals surface area contributed by atoms with Gasteiger partial charge in [-0.1, -0.05) is 19.9 Å². The molecular weight excluding hydrogens is 377 g/mol. The van der Waals surface area contributed by atoms with Crippen LogP contribution in [0.5, 0.6) is 0 Å². The molecule has 2 amide bonds. The molecule has 2 aromatic rings. The molecule has 2 N–H and O–H groups in total. The van der Waals surface area contributed by atoms with E-state index in [2.05, 4.69) is 22.8 Å². The minimum atomic E-state index is -0.587. The quantitative estimate of drug-likeness (QED) is 0.768. The lowest BCUT2D eigenvalue weighted by atomic mass is 10.0. The van der Waals surface area contributed by atoms with Crippen LogP contribution in [-0.2, 0) is 11.3 Å². The summed E-state index contributed by atoms with van der Waals surface area (Å²) in [6, 6.07) is 8.98. The van der Waals surface area contributed by atoms with Crippen molar-refractivity contribution >= 4 is 23.2 Å². The second-order valence-corrected chi connectivity index (χ2v) is 8.57. The van der Waals surface area contributed by atoms with Crippen molar-refractivity contribution in [3.05, 3.63) is 58.0 Å². The lowest BCUT2D eigenvalue weighted by molar-refractivity contribution is -0.917. The van der Waals surface area contributed by atoms with Crippen LogP contribution in [0.3, 0.4) is 0 Å². The van der Waals surface area contributed by atoms with E-state index in [1.807, 2.05) is 18.7 Å². The van der Waals surface area contributed by atoms with Crippen LogP contribution in [0, 0.1) is 11.7 Å². The van der Waals surface area contributed by atoms with Crippen molar-refractivity contribution in [2.45, 2.75) is 26.4 Å². The molecule has 1 aliphatic rings. The number of halogens is 1. The zero-order valence-corrected chi connectivity index (χ0v) is 17.1. The van der Waals surface area contributed by atoms with Crippen LogP contribution < -0.4 is 10.2 Å². The number of hydrogen-bond donors (Lipinski definition) is 2. The summed E-state index contributed by atoms with van der Waals surface area (Å²) in [5.74, 6) is -0.820. The van der Waals surface area contributed by atoms with Gasteiger partial charge in [0.25, 0.3) is 5.91 Å². The summed E-state index contributed by atoms with van der Waals surface area (Å²) >= 11 is 1.77. The molecule has 0 unspecified atom stereocenters. The topological polar surface area (TPSA) is 53.9 Å². The number of thiophene rings is 1. The monoisotopic (exact) mass is 404 g/mol. The molecule has 2 heterocycles. The first-order valence-electron chi connectivity index (χ1n) is 9.65. The van der Waals surface area contributed by atoms with Crippen LogP contribution in [0.4, 0.5) is 4.39 Å². The van der Waals surface area contributed by atoms with Crippen LogP contribution in [0.15, 0.2) is 41.8 Å². The average molecular weight is 405 g/mol. The second-order valence-electron chi connectivity index (χ2n) is 7.53. The molecule has 1 fully saturated rings. The molecule has 3 rings (SSSR count). The molecule has 0 spiro atoms. The summed E-state index contributed by atoms with van der Waals surface area (Å²) in [6.45, 7) is 8.03. The molecule has 7 heteroatoms. The number of benzene rings is 1. The third kappa shape index (κ3) is 5.17. The Kier molecular flexibility index (Phi) is 6.80. The van der Waals surface area contributed by atoms with Crippen LogP contribution in [0.25, 0.3) is 0 Å². The van der Waals surface area contributed by atoms with E-state index in [4.69, 9.17) is 0 Å². The molecule has 150 valence electrons. The lowest BCUT2D eigenvalue weighted by Crippen LogP contribution is -3.13. The van der Waals surface area contributed by atoms with Gasteiger partial charge in [-0.15, -0.1) is 11.3 Å². The van der Waals surface area contributed by atoms with E-state index in [9.17, 15) is 14.0 Å². The van der Waals surface area contributed by atoms with Crippen molar-refractivity contribution in [3.63, 3.8) is 0 Å². The fourth-order valence-electron chi connectivity index (χ4n) is 3.42. The van der Waals surface area contributed by atoms with Crippen LogP contribution in [0.1, 0.15) is 29.1 Å². The smallest absolute Gasteiger partial charge is 0.251 e. The number of carbonyl (C=O) groups excluding carboxylic acids is 2. The highest BCUT2D eigenvalue weighted by molar-refractivity contribution is 7.09. The zero-order chi connectivity index (χ0) is 20.1. The molecule has 0 saturated carbocycles. The highest BCUT2D eigenvalue weighted by Crippen LogP contribution is 2.10. The van der Waals surface area contributed by atoms with E-state index in [1.54, 1.807) is 11.3 Å². The summed E-state index contributed by atoms with van der Waals surface area (Å²) in [5, 5.41) is 4.93. The number of nitrogens with zero attached hydrogens (tertiary/aromatic N) is 1. The van der Waals surface area contributed by atoms with E-state index in [0.717, 1.165) is 19.6 Å². The molecule has 1 aliphatic heterocycles. The Morgan fingerprint density at radius 1 is 1.18 bits per heavy atom. The van der Waals surface area contributed by atoms with Crippen LogP contribution in [-0.4, -0.2) is 48.9 Å². The standard InChI is InChI=1S/C21H26FN3O2S/c1-15(2)19(23-20(26)16-5-7-17(22)8-6-16)21(27)25-11-9-24(10-12-25)14-18-4-3-13-28-18/h3-8,13,15,19H,9-12,14H2,1-2H3,(H,23,26)/p+1/t19-/m0/s1. The van der Waals surface area contributed by atoms with E-state index < -0.39 is 11.9 Å². The Hall–Kier alpha value is -2.25. The third-order valence-electron chi connectivity index (χ3n) is 5.11. The van der Waals surface area contributed by atoms with Gasteiger partial charge in [-0.2, -0.15) is 0 Å². The van der Waals surface area contributed by atoms with Gasteiger partial charge in [-0.05, 0) is 41.6 Å². The van der Waals surface area contributed by atoms with Gasteiger partial charge in [0, 0.05) is 5.56 Å². The van der Waals surface area contributed by atoms with Crippen molar-refractivity contribution in [2.24, 2.45) is 5.92 Å². The molecule has 1 atom stereocenters. The van der Waals surface area contributed by atoms with E-state index in [1.165, 1.54) is 34.0 Å². The Balaban J connectivity index is 1.57. The van der Waals surface area contributed by atoms with Gasteiger partial charge in [0.2, 0.25) is 5.91 Å². The van der Waals surface area contributed by atoms with Gasteiger partial charge < -0.3 is 15.1 Å². The summed E-state index contributed by atoms with van der Waals surface area (Å²) in [4.78, 5) is 30.2. The van der Waals surface area contributed by atoms with Crippen molar-refractivity contribution in [2.75, 3.05) is 26.2 Å².